The summed E-state index contributed by atoms with van der Waals surface area (Å²) in [6, 6.07) is 13.9. The zero-order chi connectivity index (χ0) is 22.6. The Bertz CT molecular complexity index is 1220. The van der Waals surface area contributed by atoms with E-state index in [1.54, 1.807) is 13.3 Å². The van der Waals surface area contributed by atoms with Crippen molar-refractivity contribution in [3.8, 4) is 17.3 Å². The lowest BCUT2D eigenvalue weighted by atomic mass is 10.1. The van der Waals surface area contributed by atoms with Crippen LogP contribution in [0.15, 0.2) is 48.7 Å². The molecule has 170 valence electrons. The van der Waals surface area contributed by atoms with Gasteiger partial charge in [0, 0.05) is 57.8 Å². The van der Waals surface area contributed by atoms with E-state index in [0.717, 1.165) is 56.1 Å². The first-order valence-electron chi connectivity index (χ1n) is 11.1. The van der Waals surface area contributed by atoms with Crippen LogP contribution in [0.1, 0.15) is 11.4 Å². The molecule has 0 atom stereocenters. The Morgan fingerprint density at radius 2 is 1.85 bits per heavy atom. The number of nitrogens with zero attached hydrogens (tertiary/aromatic N) is 6. The summed E-state index contributed by atoms with van der Waals surface area (Å²) in [5, 5.41) is 19.2. The van der Waals surface area contributed by atoms with Crippen LogP contribution in [0.2, 0.25) is 0 Å². The number of fused-ring (bicyclic) bond motifs is 1. The molecule has 33 heavy (non-hydrogen) atoms. The Labute approximate surface area is 192 Å². The van der Waals surface area contributed by atoms with Gasteiger partial charge >= 0.3 is 0 Å². The van der Waals surface area contributed by atoms with Crippen LogP contribution in [0, 0.1) is 0 Å². The number of nitrogens with one attached hydrogen (secondary N) is 1. The monoisotopic (exact) mass is 445 g/mol. The van der Waals surface area contributed by atoms with Crippen molar-refractivity contribution in [2.24, 2.45) is 0 Å². The average molecular weight is 446 g/mol. The van der Waals surface area contributed by atoms with Gasteiger partial charge in [-0.3, -0.25) is 15.0 Å². The minimum absolute atomic E-state index is 0.00154. The van der Waals surface area contributed by atoms with E-state index in [-0.39, 0.29) is 5.75 Å². The molecule has 0 spiro atoms. The maximum atomic E-state index is 11.0. The smallest absolute Gasteiger partial charge is 0.203 e. The number of ether oxygens (including phenoxy) is 1. The molecule has 0 bridgehead atoms. The number of aromatic nitrogens is 5. The number of benzene rings is 1. The van der Waals surface area contributed by atoms with Crippen LogP contribution in [0.3, 0.4) is 0 Å². The summed E-state index contributed by atoms with van der Waals surface area (Å²) in [7, 11) is 1.73. The third-order valence-electron chi connectivity index (χ3n) is 5.96. The van der Waals surface area contributed by atoms with E-state index in [1.165, 1.54) is 0 Å². The van der Waals surface area contributed by atoms with Crippen molar-refractivity contribution in [3.05, 3.63) is 60.0 Å². The Balaban J connectivity index is 1.46. The van der Waals surface area contributed by atoms with Gasteiger partial charge in [0.2, 0.25) is 5.82 Å². The highest BCUT2D eigenvalue weighted by Gasteiger charge is 2.24. The second kappa shape index (κ2) is 9.51. The molecule has 1 aliphatic rings. The van der Waals surface area contributed by atoms with Crippen LogP contribution in [0.25, 0.3) is 22.4 Å². The number of methoxy groups -OCH3 is 1. The Kier molecular flexibility index (Phi) is 6.14. The van der Waals surface area contributed by atoms with Gasteiger partial charge in [-0.15, -0.1) is 0 Å². The summed E-state index contributed by atoms with van der Waals surface area (Å²) in [6.45, 7) is 5.15. The van der Waals surface area contributed by atoms with E-state index in [2.05, 4.69) is 30.0 Å². The number of anilines is 1. The molecule has 0 unspecified atom stereocenters. The average Bonchev–Trinajstić information content (AvgIpc) is 3.32. The number of hydrogen-bond donors (Lipinski definition) is 2. The third-order valence-corrected chi connectivity index (χ3v) is 5.96. The molecule has 9 nitrogen and oxygen atoms in total. The van der Waals surface area contributed by atoms with E-state index in [1.807, 2.05) is 42.5 Å². The highest BCUT2D eigenvalue weighted by atomic mass is 16.5. The minimum atomic E-state index is -0.00154. The van der Waals surface area contributed by atoms with Crippen LogP contribution in [0.4, 0.5) is 5.82 Å². The molecule has 0 amide bonds. The second-order valence-corrected chi connectivity index (χ2v) is 8.12. The fraction of sp³-hybridized carbons (Fsp3) is 0.333. The summed E-state index contributed by atoms with van der Waals surface area (Å²) >= 11 is 0. The third kappa shape index (κ3) is 4.50. The van der Waals surface area contributed by atoms with Crippen molar-refractivity contribution in [2.75, 3.05) is 51.3 Å². The lowest BCUT2D eigenvalue weighted by Gasteiger charge is -2.35. The van der Waals surface area contributed by atoms with Crippen LogP contribution in [0.5, 0.6) is 5.75 Å². The standard InChI is InChI=1S/C24H27N7O2/c1-33-15-14-30-10-12-31(13-11-30)24-18-8-5-9-25-20(18)22(32)21(27-24)23-26-19(28-29-23)16-17-6-3-2-4-7-17/h2-9,32H,10-16H2,1H3,(H,26,28,29). The first kappa shape index (κ1) is 21.3. The van der Waals surface area contributed by atoms with Gasteiger partial charge in [0.15, 0.2) is 11.4 Å². The van der Waals surface area contributed by atoms with Crippen molar-refractivity contribution in [2.45, 2.75) is 6.42 Å². The van der Waals surface area contributed by atoms with E-state index in [4.69, 9.17) is 9.72 Å². The molecule has 0 saturated carbocycles. The van der Waals surface area contributed by atoms with Gasteiger partial charge in [-0.25, -0.2) is 9.97 Å². The molecule has 9 heteroatoms. The van der Waals surface area contributed by atoms with E-state index >= 15 is 0 Å². The van der Waals surface area contributed by atoms with Crippen molar-refractivity contribution in [3.63, 3.8) is 0 Å². The van der Waals surface area contributed by atoms with Gasteiger partial charge in [-0.1, -0.05) is 30.3 Å². The Morgan fingerprint density at radius 3 is 2.64 bits per heavy atom. The maximum absolute atomic E-state index is 11.0. The summed E-state index contributed by atoms with van der Waals surface area (Å²) < 4.78 is 5.21. The number of aromatic hydroxyl groups is 1. The predicted molar refractivity (Wildman–Crippen MR) is 126 cm³/mol. The number of piperazine rings is 1. The number of rotatable bonds is 7. The lowest BCUT2D eigenvalue weighted by molar-refractivity contribution is 0.144. The normalized spacial score (nSPS) is 14.8. The molecular formula is C24H27N7O2. The van der Waals surface area contributed by atoms with Crippen LogP contribution >= 0.6 is 0 Å². The largest absolute Gasteiger partial charge is 0.504 e. The summed E-state index contributed by atoms with van der Waals surface area (Å²) in [6.07, 6.45) is 2.30. The topological polar surface area (TPSA) is 103 Å². The maximum Gasteiger partial charge on any atom is 0.203 e. The van der Waals surface area contributed by atoms with Crippen molar-refractivity contribution >= 4 is 16.7 Å². The molecular weight excluding hydrogens is 418 g/mol. The molecule has 0 aliphatic carbocycles. The van der Waals surface area contributed by atoms with Gasteiger partial charge in [-0.05, 0) is 17.7 Å². The number of aromatic amines is 1. The summed E-state index contributed by atoms with van der Waals surface area (Å²) in [4.78, 5) is 18.5. The Morgan fingerprint density at radius 1 is 1.03 bits per heavy atom. The predicted octanol–water partition coefficient (Wildman–Crippen LogP) is 2.48. The van der Waals surface area contributed by atoms with E-state index in [0.29, 0.717) is 29.3 Å². The van der Waals surface area contributed by atoms with Crippen molar-refractivity contribution < 1.29 is 9.84 Å². The highest BCUT2D eigenvalue weighted by Crippen LogP contribution is 2.36. The molecule has 4 heterocycles. The molecule has 4 aromatic rings. The molecule has 0 radical (unpaired) electrons. The van der Waals surface area contributed by atoms with Gasteiger partial charge in [0.25, 0.3) is 0 Å². The molecule has 5 rings (SSSR count). The molecule has 2 N–H and O–H groups in total. The number of hydrogen-bond acceptors (Lipinski definition) is 8. The molecule has 1 aromatic carbocycles. The second-order valence-electron chi connectivity index (χ2n) is 8.12. The van der Waals surface area contributed by atoms with Crippen molar-refractivity contribution in [1.82, 2.24) is 30.0 Å². The number of H-pyrrole nitrogens is 1. The van der Waals surface area contributed by atoms with Crippen LogP contribution in [-0.4, -0.2) is 81.6 Å². The molecule has 3 aromatic heterocycles. The van der Waals surface area contributed by atoms with E-state index in [9.17, 15) is 5.11 Å². The zero-order valence-electron chi connectivity index (χ0n) is 18.6. The van der Waals surface area contributed by atoms with Crippen molar-refractivity contribution in [1.29, 1.82) is 0 Å². The first-order valence-corrected chi connectivity index (χ1v) is 11.1. The molecule has 1 aliphatic heterocycles. The van der Waals surface area contributed by atoms with Gasteiger partial charge in [0.1, 0.15) is 17.2 Å². The van der Waals surface area contributed by atoms with Gasteiger partial charge < -0.3 is 14.7 Å². The Hall–Kier alpha value is -3.56. The van der Waals surface area contributed by atoms with Crippen LogP contribution in [-0.2, 0) is 11.2 Å². The highest BCUT2D eigenvalue weighted by molar-refractivity contribution is 5.97. The van der Waals surface area contributed by atoms with Gasteiger partial charge in [-0.2, -0.15) is 5.10 Å². The lowest BCUT2D eigenvalue weighted by Crippen LogP contribution is -2.47. The fourth-order valence-corrected chi connectivity index (χ4v) is 4.18. The van der Waals surface area contributed by atoms with Crippen LogP contribution < -0.4 is 4.90 Å². The summed E-state index contributed by atoms with van der Waals surface area (Å²) in [5.41, 5.74) is 1.98. The summed E-state index contributed by atoms with van der Waals surface area (Å²) in [5.74, 6) is 1.88. The number of pyridine rings is 2. The molecule has 1 fully saturated rings. The first-order chi connectivity index (χ1) is 16.2. The zero-order valence-corrected chi connectivity index (χ0v) is 18.6. The molecule has 1 saturated heterocycles. The van der Waals surface area contributed by atoms with E-state index < -0.39 is 0 Å². The SMILES string of the molecule is COCCN1CCN(c2nc(-c3n[nH]c(Cc4ccccc4)n3)c(O)c3ncccc23)CC1. The quantitative estimate of drug-likeness (QED) is 0.447. The fourth-order valence-electron chi connectivity index (χ4n) is 4.18. The minimum Gasteiger partial charge on any atom is -0.504 e. The van der Waals surface area contributed by atoms with Gasteiger partial charge in [0.05, 0.1) is 6.61 Å².